The summed E-state index contributed by atoms with van der Waals surface area (Å²) in [6.07, 6.45) is 0. The van der Waals surface area contributed by atoms with Gasteiger partial charge in [0.1, 0.15) is 11.6 Å². The zero-order valence-corrected chi connectivity index (χ0v) is 8.91. The Morgan fingerprint density at radius 3 is 2.62 bits per heavy atom. The molecule has 0 aliphatic heterocycles. The fourth-order valence-corrected chi connectivity index (χ4v) is 1.40. The number of benzene rings is 2. The van der Waals surface area contributed by atoms with Crippen LogP contribution in [0.25, 0.3) is 0 Å². The van der Waals surface area contributed by atoms with Crippen LogP contribution in [0.5, 0.6) is 11.5 Å². The maximum Gasteiger partial charge on any atom is 0.150 e. The van der Waals surface area contributed by atoms with Gasteiger partial charge in [0.2, 0.25) is 0 Å². The van der Waals surface area contributed by atoms with Crippen molar-refractivity contribution in [3.8, 4) is 11.5 Å². The van der Waals surface area contributed by atoms with Gasteiger partial charge in [-0.15, -0.1) is 0 Å². The number of aryl methyl sites for hydroxylation is 1. The highest BCUT2D eigenvalue weighted by molar-refractivity contribution is 5.58. The van der Waals surface area contributed by atoms with E-state index in [9.17, 15) is 4.39 Å². The molecule has 2 N–H and O–H groups in total. The first kappa shape index (κ1) is 10.5. The van der Waals surface area contributed by atoms with E-state index in [4.69, 9.17) is 10.5 Å². The topological polar surface area (TPSA) is 35.2 Å². The zero-order chi connectivity index (χ0) is 11.5. The summed E-state index contributed by atoms with van der Waals surface area (Å²) in [6.45, 7) is 1.90. The molecule has 82 valence electrons. The number of rotatable bonds is 2. The third-order valence-electron chi connectivity index (χ3n) is 2.31. The van der Waals surface area contributed by atoms with E-state index in [1.165, 1.54) is 12.1 Å². The van der Waals surface area contributed by atoms with Crippen molar-refractivity contribution < 1.29 is 9.13 Å². The number of nitrogens with two attached hydrogens (primary N) is 1. The van der Waals surface area contributed by atoms with Crippen LogP contribution in [0.1, 0.15) is 5.56 Å². The van der Waals surface area contributed by atoms with Crippen molar-refractivity contribution in [2.45, 2.75) is 6.92 Å². The summed E-state index contributed by atoms with van der Waals surface area (Å²) in [4.78, 5) is 0. The third kappa shape index (κ3) is 2.14. The Balaban J connectivity index is 2.31. The van der Waals surface area contributed by atoms with E-state index in [0.717, 1.165) is 5.56 Å². The maximum absolute atomic E-state index is 12.9. The van der Waals surface area contributed by atoms with Crippen molar-refractivity contribution in [2.24, 2.45) is 0 Å². The van der Waals surface area contributed by atoms with Gasteiger partial charge in [0.05, 0.1) is 5.69 Å². The Morgan fingerprint density at radius 1 is 1.12 bits per heavy atom. The standard InChI is InChI=1S/C13H12FNO/c1-9-4-2-7-12(13(9)15)16-11-6-3-5-10(14)8-11/h2-8H,15H2,1H3. The van der Waals surface area contributed by atoms with E-state index in [1.807, 2.05) is 19.1 Å². The smallest absolute Gasteiger partial charge is 0.150 e. The van der Waals surface area contributed by atoms with Crippen LogP contribution in [0.4, 0.5) is 10.1 Å². The molecule has 0 saturated carbocycles. The molecule has 0 fully saturated rings. The van der Waals surface area contributed by atoms with E-state index >= 15 is 0 Å². The second kappa shape index (κ2) is 4.23. The van der Waals surface area contributed by atoms with Crippen molar-refractivity contribution in [1.82, 2.24) is 0 Å². The summed E-state index contributed by atoms with van der Waals surface area (Å²) < 4.78 is 18.4. The van der Waals surface area contributed by atoms with Crippen LogP contribution in [0, 0.1) is 12.7 Å². The van der Waals surface area contributed by atoms with Gasteiger partial charge >= 0.3 is 0 Å². The molecule has 0 amide bonds. The van der Waals surface area contributed by atoms with Crippen molar-refractivity contribution >= 4 is 5.69 Å². The lowest BCUT2D eigenvalue weighted by Gasteiger charge is -2.09. The molecule has 0 aromatic heterocycles. The Morgan fingerprint density at radius 2 is 1.88 bits per heavy atom. The molecule has 2 nitrogen and oxygen atoms in total. The van der Waals surface area contributed by atoms with E-state index in [0.29, 0.717) is 17.2 Å². The minimum absolute atomic E-state index is 0.330. The lowest BCUT2D eigenvalue weighted by molar-refractivity contribution is 0.478. The highest BCUT2D eigenvalue weighted by atomic mass is 19.1. The number of hydrogen-bond acceptors (Lipinski definition) is 2. The molecule has 2 aromatic rings. The SMILES string of the molecule is Cc1cccc(Oc2cccc(F)c2)c1N. The van der Waals surface area contributed by atoms with Gasteiger partial charge in [-0.3, -0.25) is 0 Å². The Bertz CT molecular complexity index is 511. The molecule has 16 heavy (non-hydrogen) atoms. The zero-order valence-electron chi connectivity index (χ0n) is 8.91. The van der Waals surface area contributed by atoms with Crippen LogP contribution in [0.15, 0.2) is 42.5 Å². The minimum atomic E-state index is -0.330. The summed E-state index contributed by atoms with van der Waals surface area (Å²) in [6, 6.07) is 11.5. The molecule has 0 bridgehead atoms. The Kier molecular flexibility index (Phi) is 2.77. The van der Waals surface area contributed by atoms with Gasteiger partial charge in [-0.1, -0.05) is 18.2 Å². The average molecular weight is 217 g/mol. The van der Waals surface area contributed by atoms with Crippen LogP contribution in [0.3, 0.4) is 0 Å². The molecular formula is C13H12FNO. The molecule has 0 atom stereocenters. The average Bonchev–Trinajstić information content (AvgIpc) is 2.25. The first-order valence-corrected chi connectivity index (χ1v) is 4.95. The third-order valence-corrected chi connectivity index (χ3v) is 2.31. The molecular weight excluding hydrogens is 205 g/mol. The van der Waals surface area contributed by atoms with Crippen LogP contribution in [0.2, 0.25) is 0 Å². The number of ether oxygens (including phenoxy) is 1. The summed E-state index contributed by atoms with van der Waals surface area (Å²) in [7, 11) is 0. The van der Waals surface area contributed by atoms with E-state index < -0.39 is 0 Å². The van der Waals surface area contributed by atoms with Crippen molar-refractivity contribution in [1.29, 1.82) is 0 Å². The summed E-state index contributed by atoms with van der Waals surface area (Å²) >= 11 is 0. The first-order valence-electron chi connectivity index (χ1n) is 4.95. The largest absolute Gasteiger partial charge is 0.455 e. The predicted octanol–water partition coefficient (Wildman–Crippen LogP) is 3.51. The van der Waals surface area contributed by atoms with E-state index in [1.54, 1.807) is 18.2 Å². The Hall–Kier alpha value is -2.03. The number of nitrogen functional groups attached to an aromatic ring is 1. The van der Waals surface area contributed by atoms with Crippen LogP contribution < -0.4 is 10.5 Å². The fourth-order valence-electron chi connectivity index (χ4n) is 1.40. The predicted molar refractivity (Wildman–Crippen MR) is 62.1 cm³/mol. The van der Waals surface area contributed by atoms with E-state index in [2.05, 4.69) is 0 Å². The molecule has 2 rings (SSSR count). The van der Waals surface area contributed by atoms with Crippen LogP contribution in [-0.4, -0.2) is 0 Å². The van der Waals surface area contributed by atoms with Crippen molar-refractivity contribution in [3.05, 3.63) is 53.8 Å². The highest BCUT2D eigenvalue weighted by Gasteiger charge is 2.04. The molecule has 0 aliphatic carbocycles. The molecule has 0 aliphatic rings. The van der Waals surface area contributed by atoms with Gasteiger partial charge in [-0.2, -0.15) is 0 Å². The quantitative estimate of drug-likeness (QED) is 0.781. The second-order valence-corrected chi connectivity index (χ2v) is 3.55. The normalized spacial score (nSPS) is 10.1. The summed E-state index contributed by atoms with van der Waals surface area (Å²) in [5, 5.41) is 0. The molecule has 0 heterocycles. The second-order valence-electron chi connectivity index (χ2n) is 3.55. The van der Waals surface area contributed by atoms with Gasteiger partial charge in [0.15, 0.2) is 5.75 Å². The van der Waals surface area contributed by atoms with Gasteiger partial charge in [0.25, 0.3) is 0 Å². The lowest BCUT2D eigenvalue weighted by atomic mass is 10.2. The highest BCUT2D eigenvalue weighted by Crippen LogP contribution is 2.29. The van der Waals surface area contributed by atoms with Gasteiger partial charge in [-0.25, -0.2) is 4.39 Å². The first-order chi connectivity index (χ1) is 7.66. The molecule has 0 spiro atoms. The van der Waals surface area contributed by atoms with Crippen LogP contribution in [-0.2, 0) is 0 Å². The van der Waals surface area contributed by atoms with Gasteiger partial charge in [0, 0.05) is 6.07 Å². The lowest BCUT2D eigenvalue weighted by Crippen LogP contribution is -1.94. The molecule has 2 aromatic carbocycles. The van der Waals surface area contributed by atoms with Crippen molar-refractivity contribution in [2.75, 3.05) is 5.73 Å². The van der Waals surface area contributed by atoms with E-state index in [-0.39, 0.29) is 5.82 Å². The number of para-hydroxylation sites is 1. The number of anilines is 1. The number of hydrogen-bond donors (Lipinski definition) is 1. The van der Waals surface area contributed by atoms with Crippen molar-refractivity contribution in [3.63, 3.8) is 0 Å². The summed E-state index contributed by atoms with van der Waals surface area (Å²) in [5.41, 5.74) is 7.36. The monoisotopic (exact) mass is 217 g/mol. The molecule has 0 radical (unpaired) electrons. The van der Waals surface area contributed by atoms with Gasteiger partial charge < -0.3 is 10.5 Å². The van der Waals surface area contributed by atoms with Crippen LogP contribution >= 0.6 is 0 Å². The molecule has 0 saturated heterocycles. The fraction of sp³-hybridized carbons (Fsp3) is 0.0769. The number of halogens is 1. The Labute approximate surface area is 93.5 Å². The minimum Gasteiger partial charge on any atom is -0.455 e. The molecule has 3 heteroatoms. The van der Waals surface area contributed by atoms with Gasteiger partial charge in [-0.05, 0) is 30.7 Å². The summed E-state index contributed by atoms with van der Waals surface area (Å²) in [5.74, 6) is 0.659. The maximum atomic E-state index is 12.9. The molecule has 0 unspecified atom stereocenters.